The summed E-state index contributed by atoms with van der Waals surface area (Å²) in [6.45, 7) is 5.58. The Labute approximate surface area is 269 Å². The zero-order valence-electron chi connectivity index (χ0n) is 25.9. The number of hydroxylamine groups is 2. The quantitative estimate of drug-likeness (QED) is 0.120. The van der Waals surface area contributed by atoms with Gasteiger partial charge >= 0.3 is 0 Å². The minimum Gasteiger partial charge on any atom is -0.347 e. The van der Waals surface area contributed by atoms with Crippen LogP contribution in [0, 0.1) is 0 Å². The molecule has 0 radical (unpaired) electrons. The van der Waals surface area contributed by atoms with Gasteiger partial charge in [0.15, 0.2) is 5.13 Å². The molecule has 1 saturated heterocycles. The van der Waals surface area contributed by atoms with Crippen molar-refractivity contribution in [1.29, 1.82) is 0 Å². The molecule has 1 fully saturated rings. The first-order valence-corrected chi connectivity index (χ1v) is 16.9. The number of hydrogen-bond donors (Lipinski definition) is 0. The number of carbonyl (C=O) groups is 1. The Kier molecular flexibility index (Phi) is 8.66. The van der Waals surface area contributed by atoms with E-state index in [2.05, 4.69) is 82.6 Å². The van der Waals surface area contributed by atoms with Crippen LogP contribution >= 0.6 is 11.3 Å². The second-order valence-corrected chi connectivity index (χ2v) is 13.1. The lowest BCUT2D eigenvalue weighted by molar-refractivity contribution is -0.184. The number of unbranched alkanes of at least 4 members (excludes halogenated alkanes) is 1. The van der Waals surface area contributed by atoms with Crippen LogP contribution in [-0.2, 0) is 21.6 Å². The summed E-state index contributed by atoms with van der Waals surface area (Å²) in [6.07, 6.45) is 3.84. The van der Waals surface area contributed by atoms with Crippen LogP contribution in [0.3, 0.4) is 0 Å². The third-order valence-corrected chi connectivity index (χ3v) is 10.6. The molecule has 230 valence electrons. The zero-order chi connectivity index (χ0) is 30.6. The molecule has 0 atom stereocenters. The molecule has 4 aromatic carbocycles. The van der Waals surface area contributed by atoms with E-state index in [1.54, 1.807) is 23.5 Å². The van der Waals surface area contributed by atoms with Crippen molar-refractivity contribution >= 4 is 32.6 Å². The topological polar surface area (TPSA) is 48.9 Å². The van der Waals surface area contributed by atoms with Gasteiger partial charge in [0.1, 0.15) is 5.41 Å². The number of nitrogens with zero attached hydrogens (tertiary/aromatic N) is 4. The van der Waals surface area contributed by atoms with E-state index in [1.165, 1.54) is 4.70 Å². The number of para-hydroxylation sites is 1. The van der Waals surface area contributed by atoms with E-state index in [0.717, 1.165) is 96.9 Å². The average molecular weight is 617 g/mol. The first-order valence-electron chi connectivity index (χ1n) is 16.1. The molecule has 2 aliphatic rings. The molecular formula is C38H40N4O2S. The number of rotatable bonds is 10. The van der Waals surface area contributed by atoms with Gasteiger partial charge in [-0.15, -0.1) is 0 Å². The van der Waals surface area contributed by atoms with Gasteiger partial charge < -0.3 is 9.80 Å². The highest BCUT2D eigenvalue weighted by Gasteiger charge is 2.50. The fraction of sp³-hybridized carbons (Fsp3) is 0.316. The maximum absolute atomic E-state index is 14.8. The Morgan fingerprint density at radius 1 is 0.822 bits per heavy atom. The van der Waals surface area contributed by atoms with Gasteiger partial charge in [0.25, 0.3) is 5.91 Å². The third-order valence-electron chi connectivity index (χ3n) is 9.46. The summed E-state index contributed by atoms with van der Waals surface area (Å²) < 4.78 is 1.25. The molecule has 5 aromatic rings. The van der Waals surface area contributed by atoms with Crippen molar-refractivity contribution in [1.82, 2.24) is 14.9 Å². The number of aromatic nitrogens is 1. The molecule has 0 unspecified atom stereocenters. The molecule has 45 heavy (non-hydrogen) atoms. The molecule has 6 nitrogen and oxygen atoms in total. The average Bonchev–Trinajstić information content (AvgIpc) is 3.55. The molecule has 7 rings (SSSR count). The highest BCUT2D eigenvalue weighted by atomic mass is 32.1. The Morgan fingerprint density at radius 3 is 2.24 bits per heavy atom. The maximum Gasteiger partial charge on any atom is 0.261 e. The van der Waals surface area contributed by atoms with E-state index >= 15 is 0 Å². The molecule has 0 bridgehead atoms. The van der Waals surface area contributed by atoms with Crippen molar-refractivity contribution in [2.75, 3.05) is 44.7 Å². The summed E-state index contributed by atoms with van der Waals surface area (Å²) >= 11 is 1.80. The molecule has 1 aliphatic heterocycles. The monoisotopic (exact) mass is 616 g/mol. The predicted molar refractivity (Wildman–Crippen MR) is 183 cm³/mol. The second-order valence-electron chi connectivity index (χ2n) is 12.1. The van der Waals surface area contributed by atoms with Crippen molar-refractivity contribution in [3.63, 3.8) is 0 Å². The largest absolute Gasteiger partial charge is 0.347 e. The van der Waals surface area contributed by atoms with Gasteiger partial charge in [0.2, 0.25) is 0 Å². The third kappa shape index (κ3) is 5.76. The van der Waals surface area contributed by atoms with E-state index in [0.29, 0.717) is 6.54 Å². The molecule has 0 spiro atoms. The van der Waals surface area contributed by atoms with Gasteiger partial charge in [-0.25, -0.2) is 10.0 Å². The fourth-order valence-corrected chi connectivity index (χ4v) is 8.24. The van der Waals surface area contributed by atoms with Crippen molar-refractivity contribution in [3.8, 4) is 11.1 Å². The summed E-state index contributed by atoms with van der Waals surface area (Å²) in [5.41, 5.74) is 5.83. The molecular weight excluding hydrogens is 577 g/mol. The van der Waals surface area contributed by atoms with Gasteiger partial charge in [-0.3, -0.25) is 9.63 Å². The standard InChI is InChI=1S/C38H40N4O2S/c1-44-42(28-29-14-3-2-4-15-29)36(43)38(32-18-7-5-16-30(32)31-17-6-8-19-33(31)38)22-11-12-23-40-24-13-25-41(27-26-40)37-39-34-20-9-10-21-35(34)45-37/h2-10,14-21H,11-13,22-28H2,1H3. The van der Waals surface area contributed by atoms with Gasteiger partial charge in [-0.05, 0) is 72.3 Å². The van der Waals surface area contributed by atoms with Gasteiger partial charge in [0, 0.05) is 19.6 Å². The van der Waals surface area contributed by atoms with E-state index < -0.39 is 5.41 Å². The summed E-state index contributed by atoms with van der Waals surface area (Å²) in [5, 5.41) is 2.70. The predicted octanol–water partition coefficient (Wildman–Crippen LogP) is 7.54. The van der Waals surface area contributed by atoms with Crippen LogP contribution in [0.1, 0.15) is 42.4 Å². The van der Waals surface area contributed by atoms with Crippen LogP contribution in [0.5, 0.6) is 0 Å². The highest BCUT2D eigenvalue weighted by molar-refractivity contribution is 7.22. The minimum absolute atomic E-state index is 0.00695. The highest BCUT2D eigenvalue weighted by Crippen LogP contribution is 2.52. The van der Waals surface area contributed by atoms with Gasteiger partial charge in [0.05, 0.1) is 23.9 Å². The normalized spacial score (nSPS) is 15.9. The van der Waals surface area contributed by atoms with Gasteiger partial charge in [-0.1, -0.05) is 109 Å². The number of carbonyl (C=O) groups excluding carboxylic acids is 1. The van der Waals surface area contributed by atoms with Gasteiger partial charge in [-0.2, -0.15) is 0 Å². The van der Waals surface area contributed by atoms with Crippen LogP contribution in [-0.4, -0.2) is 60.7 Å². The van der Waals surface area contributed by atoms with Crippen LogP contribution in [0.15, 0.2) is 103 Å². The van der Waals surface area contributed by atoms with Crippen molar-refractivity contribution < 1.29 is 9.63 Å². The van der Waals surface area contributed by atoms with Crippen molar-refractivity contribution in [2.45, 2.75) is 37.6 Å². The number of benzene rings is 4. The zero-order valence-corrected chi connectivity index (χ0v) is 26.7. The van der Waals surface area contributed by atoms with Crippen LogP contribution < -0.4 is 4.90 Å². The summed E-state index contributed by atoms with van der Waals surface area (Å²) in [6, 6.07) is 35.4. The molecule has 0 N–H and O–H groups in total. The number of hydrogen-bond acceptors (Lipinski definition) is 6. The van der Waals surface area contributed by atoms with E-state index in [1.807, 2.05) is 30.3 Å². The van der Waals surface area contributed by atoms with E-state index in [4.69, 9.17) is 9.82 Å². The molecule has 1 aromatic heterocycles. The fourth-order valence-electron chi connectivity index (χ4n) is 7.22. The van der Waals surface area contributed by atoms with Crippen LogP contribution in [0.4, 0.5) is 5.13 Å². The maximum atomic E-state index is 14.8. The Bertz CT molecular complexity index is 1690. The second kappa shape index (κ2) is 13.1. The summed E-state index contributed by atoms with van der Waals surface area (Å²) in [7, 11) is 1.61. The van der Waals surface area contributed by atoms with Crippen LogP contribution in [0.2, 0.25) is 0 Å². The summed E-state index contributed by atoms with van der Waals surface area (Å²) in [5.74, 6) is 0.00695. The van der Waals surface area contributed by atoms with Crippen molar-refractivity contribution in [3.05, 3.63) is 120 Å². The number of fused-ring (bicyclic) bond motifs is 4. The smallest absolute Gasteiger partial charge is 0.261 e. The number of anilines is 1. The van der Waals surface area contributed by atoms with Crippen molar-refractivity contribution in [2.24, 2.45) is 0 Å². The molecule has 1 amide bonds. The first kappa shape index (κ1) is 29.7. The molecule has 1 aliphatic carbocycles. The molecule has 2 heterocycles. The molecule has 7 heteroatoms. The SMILES string of the molecule is CON(Cc1ccccc1)C(=O)C1(CCCCN2CCCN(c3nc4ccccc4s3)CC2)c2ccccc2-c2ccccc21. The van der Waals surface area contributed by atoms with E-state index in [-0.39, 0.29) is 5.91 Å². The number of amides is 1. The van der Waals surface area contributed by atoms with E-state index in [9.17, 15) is 4.79 Å². The Hall–Kier alpha value is -4.04. The summed E-state index contributed by atoms with van der Waals surface area (Å²) in [4.78, 5) is 30.6. The molecule has 0 saturated carbocycles. The Morgan fingerprint density at radius 2 is 1.51 bits per heavy atom. The lowest BCUT2D eigenvalue weighted by Gasteiger charge is -2.35. The Balaban J connectivity index is 1.08. The van der Waals surface area contributed by atoms with Crippen LogP contribution in [0.25, 0.3) is 21.3 Å². The lowest BCUT2D eigenvalue weighted by atomic mass is 9.73. The minimum atomic E-state index is -0.791. The first-order chi connectivity index (χ1) is 22.2. The number of thiazole rings is 1. The lowest BCUT2D eigenvalue weighted by Crippen LogP contribution is -2.46.